The molecule has 1 atom stereocenters. The molecule has 0 fully saturated rings. The van der Waals surface area contributed by atoms with Crippen molar-refractivity contribution in [2.24, 2.45) is 5.92 Å². The first-order chi connectivity index (χ1) is 4.81. The van der Waals surface area contributed by atoms with E-state index in [-0.39, 0.29) is 0 Å². The van der Waals surface area contributed by atoms with Crippen LogP contribution in [0.1, 0.15) is 40.5 Å². The molecule has 0 radical (unpaired) electrons. The summed E-state index contributed by atoms with van der Waals surface area (Å²) in [5.41, 5.74) is 0. The summed E-state index contributed by atoms with van der Waals surface area (Å²) < 4.78 is 4.91. The summed E-state index contributed by atoms with van der Waals surface area (Å²) in [7, 11) is 1.75. The van der Waals surface area contributed by atoms with E-state index >= 15 is 0 Å². The Kier molecular flexibility index (Phi) is 14.8. The minimum atomic E-state index is 0.829. The molecule has 0 amide bonds. The third-order valence-electron chi connectivity index (χ3n) is 1.51. The molecule has 0 saturated heterocycles. The summed E-state index contributed by atoms with van der Waals surface area (Å²) in [6.07, 6.45) is 2.47. The van der Waals surface area contributed by atoms with Gasteiger partial charge in [0.05, 0.1) is 0 Å². The van der Waals surface area contributed by atoms with Gasteiger partial charge in [-0.1, -0.05) is 34.1 Å². The minimum Gasteiger partial charge on any atom is -0.385 e. The molecule has 0 N–H and O–H groups in total. The van der Waals surface area contributed by atoms with Crippen molar-refractivity contribution in [3.8, 4) is 0 Å². The Bertz CT molecular complexity index is 44.0. The number of hydrogen-bond donors (Lipinski definition) is 0. The SMILES string of the molecule is CC.CCC(C)CCOC. The van der Waals surface area contributed by atoms with Gasteiger partial charge in [-0.25, -0.2) is 0 Å². The van der Waals surface area contributed by atoms with Gasteiger partial charge in [-0.05, 0) is 12.3 Å². The fourth-order valence-electron chi connectivity index (χ4n) is 0.523. The maximum atomic E-state index is 4.91. The summed E-state index contributed by atoms with van der Waals surface area (Å²) in [6.45, 7) is 9.37. The number of ether oxygens (including phenoxy) is 1. The van der Waals surface area contributed by atoms with Gasteiger partial charge in [0.2, 0.25) is 0 Å². The van der Waals surface area contributed by atoms with Crippen molar-refractivity contribution in [3.05, 3.63) is 0 Å². The lowest BCUT2D eigenvalue weighted by atomic mass is 10.1. The summed E-state index contributed by atoms with van der Waals surface area (Å²) in [5, 5.41) is 0. The smallest absolute Gasteiger partial charge is 0.0464 e. The number of methoxy groups -OCH3 is 1. The van der Waals surface area contributed by atoms with Crippen LogP contribution in [0.3, 0.4) is 0 Å². The van der Waals surface area contributed by atoms with E-state index in [1.54, 1.807) is 7.11 Å². The zero-order valence-electron chi connectivity index (χ0n) is 8.11. The van der Waals surface area contributed by atoms with Crippen LogP contribution < -0.4 is 0 Å². The molecule has 0 aromatic heterocycles. The lowest BCUT2D eigenvalue weighted by Crippen LogP contribution is -1.97. The van der Waals surface area contributed by atoms with E-state index in [2.05, 4.69) is 13.8 Å². The van der Waals surface area contributed by atoms with Crippen LogP contribution in [0.15, 0.2) is 0 Å². The highest BCUT2D eigenvalue weighted by Gasteiger charge is 1.95. The van der Waals surface area contributed by atoms with Crippen LogP contribution in [0, 0.1) is 5.92 Å². The average Bonchev–Trinajstić information content (AvgIpc) is 2.04. The van der Waals surface area contributed by atoms with Gasteiger partial charge in [-0.3, -0.25) is 0 Å². The number of hydrogen-bond acceptors (Lipinski definition) is 1. The first kappa shape index (κ1) is 12.6. The van der Waals surface area contributed by atoms with Crippen LogP contribution in [0.2, 0.25) is 0 Å². The van der Waals surface area contributed by atoms with Gasteiger partial charge in [0.1, 0.15) is 0 Å². The molecule has 0 bridgehead atoms. The first-order valence-electron chi connectivity index (χ1n) is 4.30. The lowest BCUT2D eigenvalue weighted by molar-refractivity contribution is 0.179. The number of rotatable bonds is 4. The van der Waals surface area contributed by atoms with Crippen molar-refractivity contribution < 1.29 is 4.74 Å². The molecule has 0 spiro atoms. The van der Waals surface area contributed by atoms with Crippen molar-refractivity contribution in [1.82, 2.24) is 0 Å². The van der Waals surface area contributed by atoms with E-state index in [0.29, 0.717) is 0 Å². The third-order valence-corrected chi connectivity index (χ3v) is 1.51. The van der Waals surface area contributed by atoms with Gasteiger partial charge in [0.15, 0.2) is 0 Å². The van der Waals surface area contributed by atoms with Gasteiger partial charge in [0.25, 0.3) is 0 Å². The molecule has 0 aliphatic heterocycles. The van der Waals surface area contributed by atoms with Crippen LogP contribution in [0.25, 0.3) is 0 Å². The molecule has 1 heteroatoms. The van der Waals surface area contributed by atoms with Crippen molar-refractivity contribution in [2.45, 2.75) is 40.5 Å². The zero-order valence-corrected chi connectivity index (χ0v) is 8.11. The summed E-state index contributed by atoms with van der Waals surface area (Å²) in [5.74, 6) is 0.829. The van der Waals surface area contributed by atoms with Gasteiger partial charge in [-0.15, -0.1) is 0 Å². The van der Waals surface area contributed by atoms with Crippen molar-refractivity contribution >= 4 is 0 Å². The summed E-state index contributed by atoms with van der Waals surface area (Å²) >= 11 is 0. The second-order valence-electron chi connectivity index (χ2n) is 2.29. The highest BCUT2D eigenvalue weighted by Crippen LogP contribution is 2.04. The second kappa shape index (κ2) is 11.7. The van der Waals surface area contributed by atoms with Crippen molar-refractivity contribution in [3.63, 3.8) is 0 Å². The summed E-state index contributed by atoms with van der Waals surface area (Å²) in [4.78, 5) is 0. The molecule has 0 rings (SSSR count). The van der Waals surface area contributed by atoms with Crippen molar-refractivity contribution in [1.29, 1.82) is 0 Å². The Morgan fingerprint density at radius 3 is 2.10 bits per heavy atom. The summed E-state index contributed by atoms with van der Waals surface area (Å²) in [6, 6.07) is 0. The predicted molar refractivity (Wildman–Crippen MR) is 47.3 cm³/mol. The Morgan fingerprint density at radius 1 is 1.30 bits per heavy atom. The monoisotopic (exact) mass is 146 g/mol. The Labute approximate surface area is 65.8 Å². The van der Waals surface area contributed by atoms with E-state index in [0.717, 1.165) is 12.5 Å². The van der Waals surface area contributed by atoms with Crippen LogP contribution in [-0.2, 0) is 4.74 Å². The largest absolute Gasteiger partial charge is 0.385 e. The molecule has 0 saturated carbocycles. The molecule has 1 nitrogen and oxygen atoms in total. The van der Waals surface area contributed by atoms with Crippen molar-refractivity contribution in [2.75, 3.05) is 13.7 Å². The molecule has 0 aliphatic rings. The molecular formula is C9H22O. The second-order valence-corrected chi connectivity index (χ2v) is 2.29. The Morgan fingerprint density at radius 2 is 1.80 bits per heavy atom. The molecule has 0 aliphatic carbocycles. The van der Waals surface area contributed by atoms with E-state index in [9.17, 15) is 0 Å². The molecule has 0 aromatic rings. The Balaban J connectivity index is 0. The van der Waals surface area contributed by atoms with Gasteiger partial charge in [0, 0.05) is 13.7 Å². The maximum absolute atomic E-state index is 4.91. The normalized spacial score (nSPS) is 11.7. The standard InChI is InChI=1S/C7H16O.C2H6/c1-4-7(2)5-6-8-3;1-2/h7H,4-6H2,1-3H3;1-2H3. The average molecular weight is 146 g/mol. The van der Waals surface area contributed by atoms with E-state index in [1.165, 1.54) is 12.8 Å². The quantitative estimate of drug-likeness (QED) is 0.592. The van der Waals surface area contributed by atoms with Crippen LogP contribution in [0.4, 0.5) is 0 Å². The van der Waals surface area contributed by atoms with Crippen LogP contribution in [0.5, 0.6) is 0 Å². The van der Waals surface area contributed by atoms with E-state index in [1.807, 2.05) is 13.8 Å². The first-order valence-corrected chi connectivity index (χ1v) is 4.30. The van der Waals surface area contributed by atoms with E-state index < -0.39 is 0 Å². The predicted octanol–water partition coefficient (Wildman–Crippen LogP) is 3.10. The fourth-order valence-corrected chi connectivity index (χ4v) is 0.523. The Hall–Kier alpha value is -0.0400. The highest BCUT2D eigenvalue weighted by molar-refractivity contribution is 4.46. The van der Waals surface area contributed by atoms with E-state index in [4.69, 9.17) is 4.74 Å². The van der Waals surface area contributed by atoms with Crippen LogP contribution >= 0.6 is 0 Å². The van der Waals surface area contributed by atoms with Gasteiger partial charge in [-0.2, -0.15) is 0 Å². The molecule has 1 unspecified atom stereocenters. The molecule has 10 heavy (non-hydrogen) atoms. The maximum Gasteiger partial charge on any atom is 0.0464 e. The molecular weight excluding hydrogens is 124 g/mol. The zero-order chi connectivity index (χ0) is 8.41. The minimum absolute atomic E-state index is 0.829. The lowest BCUT2D eigenvalue weighted by Gasteiger charge is -2.04. The molecule has 0 heterocycles. The van der Waals surface area contributed by atoms with Crippen LogP contribution in [-0.4, -0.2) is 13.7 Å². The van der Waals surface area contributed by atoms with Gasteiger partial charge >= 0.3 is 0 Å². The fraction of sp³-hybridized carbons (Fsp3) is 1.00. The van der Waals surface area contributed by atoms with Gasteiger partial charge < -0.3 is 4.74 Å². The molecule has 64 valence electrons. The third kappa shape index (κ3) is 10.9. The molecule has 0 aromatic carbocycles. The highest BCUT2D eigenvalue weighted by atomic mass is 16.5. The topological polar surface area (TPSA) is 9.23 Å².